The largest absolute Gasteiger partial charge is 0.478 e. The number of pyridine rings is 1. The molecule has 4 aliphatic carbocycles. The summed E-state index contributed by atoms with van der Waals surface area (Å²) in [4.78, 5) is 41.5. The van der Waals surface area contributed by atoms with Crippen molar-refractivity contribution in [3.8, 4) is 0 Å². The number of carbonyl (C=O) groups excluding carboxylic acids is 1. The molecule has 0 amide bonds. The van der Waals surface area contributed by atoms with E-state index < -0.39 is 24.1 Å². The molecule has 4 saturated carbocycles. The summed E-state index contributed by atoms with van der Waals surface area (Å²) in [6.45, 7) is 19.2. The summed E-state index contributed by atoms with van der Waals surface area (Å²) < 4.78 is 8.16. The average molecular weight is 1000 g/mol. The van der Waals surface area contributed by atoms with Crippen molar-refractivity contribution >= 4 is 71.9 Å². The van der Waals surface area contributed by atoms with Crippen LogP contribution in [0.25, 0.3) is 10.9 Å². The Kier molecular flexibility index (Phi) is 15.5. The van der Waals surface area contributed by atoms with Crippen molar-refractivity contribution in [3.63, 3.8) is 0 Å². The molecule has 4 fully saturated rings. The number of allylic oxidation sites excluding steroid dienone is 2. The van der Waals surface area contributed by atoms with Gasteiger partial charge in [-0.2, -0.15) is 0 Å². The number of halogens is 2. The third kappa shape index (κ3) is 9.59. The van der Waals surface area contributed by atoms with E-state index in [2.05, 4.69) is 82.1 Å². The van der Waals surface area contributed by atoms with Gasteiger partial charge in [0.1, 0.15) is 11.9 Å². The number of rotatable bonds is 12. The molecule has 0 radical (unpaired) electrons. The Bertz CT molecular complexity index is 2250. The lowest BCUT2D eigenvalue weighted by Crippen LogP contribution is -2.65. The number of hydrogen-bond acceptors (Lipinski definition) is 9. The number of fused-ring (bicyclic) bond motifs is 6. The first-order chi connectivity index (χ1) is 29.2. The van der Waals surface area contributed by atoms with Gasteiger partial charge in [-0.05, 0) is 180 Å². The van der Waals surface area contributed by atoms with Crippen LogP contribution in [0.4, 0.5) is 5.82 Å². The fourth-order valence-electron chi connectivity index (χ4n) is 12.4. The minimum Gasteiger partial charge on any atom is -0.478 e. The van der Waals surface area contributed by atoms with Crippen LogP contribution in [0.3, 0.4) is 0 Å². The molecular formula is C49H67Br2N3O7S. The zero-order chi connectivity index (χ0) is 45.3. The van der Waals surface area contributed by atoms with Crippen LogP contribution >= 0.6 is 43.2 Å². The van der Waals surface area contributed by atoms with Crippen molar-refractivity contribution in [2.24, 2.45) is 39.9 Å². The maximum atomic E-state index is 12.6. The van der Waals surface area contributed by atoms with Gasteiger partial charge in [0.2, 0.25) is 0 Å². The highest BCUT2D eigenvalue weighted by atomic mass is 79.9. The molecule has 0 aliphatic heterocycles. The molecule has 2 aromatic heterocycles. The molecule has 6 N–H and O–H groups in total. The highest BCUT2D eigenvalue weighted by Crippen LogP contribution is 2.74. The second-order valence-corrected chi connectivity index (χ2v) is 22.6. The van der Waals surface area contributed by atoms with Crippen LogP contribution in [-0.4, -0.2) is 63.6 Å². The molecule has 0 saturated heterocycles. The van der Waals surface area contributed by atoms with Crippen LogP contribution in [0.15, 0.2) is 66.2 Å². The van der Waals surface area contributed by atoms with E-state index in [1.807, 2.05) is 44.2 Å². The SMILES string of the molecule is CC(=O)O[C@H]1C[C@@]2(C)[C@@H](C[C@@H](O)C3[C@]2(C)CC[C@H]2[C@H](C)[C@H](O)CC[C@]32C)/C1=C(/CCC=C(C)C)C(=O)O.Cc1c(CNCCCNc2cc(=O)c3ccccc3[nH]2)sc(Br)c1Br. The van der Waals surface area contributed by atoms with Gasteiger partial charge in [0.25, 0.3) is 0 Å². The number of aliphatic carboxylic acids is 1. The second kappa shape index (κ2) is 19.7. The molecule has 10 nitrogen and oxygen atoms in total. The topological polar surface area (TPSA) is 161 Å². The lowest BCUT2D eigenvalue weighted by molar-refractivity contribution is -0.234. The van der Waals surface area contributed by atoms with Crippen molar-refractivity contribution in [2.75, 3.05) is 18.4 Å². The van der Waals surface area contributed by atoms with E-state index in [1.54, 1.807) is 17.4 Å². The van der Waals surface area contributed by atoms with Gasteiger partial charge in [-0.3, -0.25) is 9.59 Å². The molecule has 4 aliphatic rings. The first-order valence-electron chi connectivity index (χ1n) is 22.4. The number of aliphatic hydroxyl groups is 2. The third-order valence-electron chi connectivity index (χ3n) is 15.6. The van der Waals surface area contributed by atoms with E-state index in [1.165, 1.54) is 17.4 Å². The van der Waals surface area contributed by atoms with Gasteiger partial charge in [-0.1, -0.05) is 51.5 Å². The first-order valence-corrected chi connectivity index (χ1v) is 24.8. The number of nitrogens with one attached hydrogen (secondary N) is 3. The summed E-state index contributed by atoms with van der Waals surface area (Å²) in [5.41, 5.74) is 3.76. The third-order valence-corrected chi connectivity index (χ3v) is 19.3. The summed E-state index contributed by atoms with van der Waals surface area (Å²) >= 11 is 8.89. The summed E-state index contributed by atoms with van der Waals surface area (Å²) in [5.74, 6) is -0.140. The van der Waals surface area contributed by atoms with Gasteiger partial charge in [0.05, 0.1) is 21.5 Å². The highest BCUT2D eigenvalue weighted by Gasteiger charge is 2.70. The van der Waals surface area contributed by atoms with Crippen LogP contribution in [0.1, 0.15) is 117 Å². The molecule has 3 aromatic rings. The van der Waals surface area contributed by atoms with Crippen LogP contribution in [0, 0.1) is 46.8 Å². The lowest BCUT2D eigenvalue weighted by Gasteiger charge is -2.69. The Morgan fingerprint density at radius 1 is 1.03 bits per heavy atom. The maximum absolute atomic E-state index is 12.6. The monoisotopic (exact) mass is 999 g/mol. The summed E-state index contributed by atoms with van der Waals surface area (Å²) in [6.07, 6.45) is 7.20. The number of para-hydroxylation sites is 1. The Morgan fingerprint density at radius 2 is 1.76 bits per heavy atom. The van der Waals surface area contributed by atoms with Gasteiger partial charge in [-0.15, -0.1) is 11.3 Å². The average Bonchev–Trinajstić information content (AvgIpc) is 3.62. The van der Waals surface area contributed by atoms with Crippen molar-refractivity contribution in [3.05, 3.63) is 82.1 Å². The smallest absolute Gasteiger partial charge is 0.331 e. The number of aliphatic hydroxyl groups excluding tert-OH is 2. The maximum Gasteiger partial charge on any atom is 0.331 e. The molecule has 1 aromatic carbocycles. The number of thiophene rings is 1. The standard InChI is InChI=1S/C31H48O6.C18H19Br2N3OS/c1-17(2)9-8-10-20(28(35)36)26-22-15-24(34)27-29(5)13-12-23(33)18(3)21(29)11-14-30(27,6)31(22,7)16-25(26)37-19(4)32;1-11-15(25-18(20)17(11)19)10-21-7-4-8-22-16-9-14(24)12-5-2-3-6-13(12)23-16/h9,18,21-25,27,33-34H,8,10-16H2,1-7H3,(H,35,36);2-3,5-6,9,21H,4,7-8,10H2,1H3,(H2,22,23,24)/b26-20+;/t18-,21-,22-,23+,24+,25-,27?,29-,30-,31-;/m0./s1. The summed E-state index contributed by atoms with van der Waals surface area (Å²) in [6, 6.07) is 9.19. The van der Waals surface area contributed by atoms with Crippen molar-refractivity contribution < 1.29 is 29.6 Å². The number of carboxylic acid groups (broad SMARTS) is 1. The number of H-pyrrole nitrogens is 1. The zero-order valence-electron chi connectivity index (χ0n) is 37.6. The molecule has 13 heteroatoms. The zero-order valence-corrected chi connectivity index (χ0v) is 41.6. The number of carboxylic acids is 1. The number of anilines is 1. The van der Waals surface area contributed by atoms with E-state index in [0.29, 0.717) is 37.2 Å². The van der Waals surface area contributed by atoms with Crippen molar-refractivity contribution in [1.29, 1.82) is 0 Å². The Morgan fingerprint density at radius 3 is 2.42 bits per heavy atom. The minimum absolute atomic E-state index is 0.0410. The predicted octanol–water partition coefficient (Wildman–Crippen LogP) is 10.7. The van der Waals surface area contributed by atoms with E-state index in [-0.39, 0.29) is 45.5 Å². The lowest BCUT2D eigenvalue weighted by atomic mass is 9.36. The Hall–Kier alpha value is -2.81. The molecule has 2 heterocycles. The quantitative estimate of drug-likeness (QED) is 0.0449. The normalized spacial score (nSPS) is 32.1. The molecule has 0 bridgehead atoms. The highest BCUT2D eigenvalue weighted by molar-refractivity contribution is 9.13. The van der Waals surface area contributed by atoms with Crippen molar-refractivity contribution in [2.45, 2.75) is 138 Å². The number of carbonyl (C=O) groups is 2. The molecule has 7 rings (SSSR count). The number of benzene rings is 1. The fourth-order valence-corrected chi connectivity index (χ4v) is 14.8. The van der Waals surface area contributed by atoms with Crippen LogP contribution in [0.5, 0.6) is 0 Å². The number of hydrogen-bond donors (Lipinski definition) is 6. The Labute approximate surface area is 388 Å². The minimum atomic E-state index is -0.953. The van der Waals surface area contributed by atoms with Gasteiger partial charge in [0, 0.05) is 46.4 Å². The summed E-state index contributed by atoms with van der Waals surface area (Å²) in [5, 5.41) is 40.4. The van der Waals surface area contributed by atoms with Gasteiger partial charge in [-0.25, -0.2) is 4.79 Å². The molecule has 0 spiro atoms. The van der Waals surface area contributed by atoms with Crippen molar-refractivity contribution in [1.82, 2.24) is 10.3 Å². The van der Waals surface area contributed by atoms with E-state index >= 15 is 0 Å². The van der Waals surface area contributed by atoms with Crippen LogP contribution in [-0.2, 0) is 20.9 Å². The number of aromatic nitrogens is 1. The van der Waals surface area contributed by atoms with Crippen LogP contribution < -0.4 is 16.1 Å². The number of esters is 1. The molecule has 62 heavy (non-hydrogen) atoms. The fraction of sp³-hybridized carbons (Fsp3) is 0.612. The van der Waals surface area contributed by atoms with E-state index in [9.17, 15) is 29.7 Å². The van der Waals surface area contributed by atoms with E-state index in [0.717, 1.165) is 87.9 Å². The summed E-state index contributed by atoms with van der Waals surface area (Å²) in [7, 11) is 0. The first kappa shape index (κ1) is 48.6. The van der Waals surface area contributed by atoms with Crippen LogP contribution in [0.2, 0.25) is 0 Å². The number of ether oxygens (including phenoxy) is 1. The molecule has 10 atom stereocenters. The Balaban J connectivity index is 0.000000223. The van der Waals surface area contributed by atoms with Gasteiger partial charge < -0.3 is 35.7 Å². The number of aromatic amines is 1. The second-order valence-electron chi connectivity index (χ2n) is 19.4. The molecular weight excluding hydrogens is 934 g/mol. The molecule has 340 valence electrons. The van der Waals surface area contributed by atoms with Gasteiger partial charge in [0.15, 0.2) is 5.43 Å². The van der Waals surface area contributed by atoms with E-state index in [4.69, 9.17) is 4.74 Å². The van der Waals surface area contributed by atoms with Gasteiger partial charge >= 0.3 is 11.9 Å². The predicted molar refractivity (Wildman–Crippen MR) is 256 cm³/mol. The molecule has 1 unspecified atom stereocenters.